The number of carbonyl (C=O) groups excluding carboxylic acids is 1. The summed E-state index contributed by atoms with van der Waals surface area (Å²) in [6.45, 7) is 1.45. The largest absolute Gasteiger partial charge is 0.463 e. The zero-order valence-electron chi connectivity index (χ0n) is 12.4. The molecule has 2 aromatic carbocycles. The second-order valence-corrected chi connectivity index (χ2v) is 5.00. The molecule has 5 nitrogen and oxygen atoms in total. The smallest absolute Gasteiger partial charge is 0.221 e. The highest BCUT2D eigenvalue weighted by molar-refractivity contribution is 5.89. The maximum absolute atomic E-state index is 12.3. The van der Waals surface area contributed by atoms with Crippen molar-refractivity contribution in [3.05, 3.63) is 70.6 Å². The second kappa shape index (κ2) is 6.27. The van der Waals surface area contributed by atoms with E-state index < -0.39 is 0 Å². The van der Waals surface area contributed by atoms with Crippen LogP contribution >= 0.6 is 0 Å². The highest BCUT2D eigenvalue weighted by atomic mass is 16.3. The van der Waals surface area contributed by atoms with E-state index in [1.54, 1.807) is 42.5 Å². The first-order chi connectivity index (χ1) is 11.1. The van der Waals surface area contributed by atoms with Crippen LogP contribution in [-0.4, -0.2) is 12.1 Å². The number of rotatable bonds is 3. The summed E-state index contributed by atoms with van der Waals surface area (Å²) in [5.41, 5.74) is 2.18. The number of anilines is 1. The number of nitrogens with one attached hydrogen (secondary N) is 1. The predicted octanol–water partition coefficient (Wildman–Crippen LogP) is 3.50. The van der Waals surface area contributed by atoms with Crippen LogP contribution < -0.4 is 10.7 Å². The monoisotopic (exact) mass is 306 g/mol. The number of benzene rings is 2. The van der Waals surface area contributed by atoms with Crippen LogP contribution in [-0.2, 0) is 4.79 Å². The SMILES string of the molecule is CC(=O)Nc1ccc(N=Cc2coc3ccccc3c2=O)cc1. The van der Waals surface area contributed by atoms with Crippen molar-refractivity contribution in [3.8, 4) is 0 Å². The summed E-state index contributed by atoms with van der Waals surface area (Å²) in [6, 6.07) is 14.1. The van der Waals surface area contributed by atoms with Gasteiger partial charge >= 0.3 is 0 Å². The summed E-state index contributed by atoms with van der Waals surface area (Å²) < 4.78 is 5.44. The Balaban J connectivity index is 1.86. The minimum atomic E-state index is -0.130. The normalized spacial score (nSPS) is 11.0. The van der Waals surface area contributed by atoms with E-state index in [0.29, 0.717) is 27.9 Å². The van der Waals surface area contributed by atoms with Crippen LogP contribution in [0.3, 0.4) is 0 Å². The first-order valence-electron chi connectivity index (χ1n) is 7.06. The zero-order valence-corrected chi connectivity index (χ0v) is 12.4. The summed E-state index contributed by atoms with van der Waals surface area (Å²) in [4.78, 5) is 27.6. The summed E-state index contributed by atoms with van der Waals surface area (Å²) in [7, 11) is 0. The van der Waals surface area contributed by atoms with E-state index in [0.717, 1.165) is 0 Å². The molecular weight excluding hydrogens is 292 g/mol. The molecule has 3 rings (SSSR count). The van der Waals surface area contributed by atoms with Crippen molar-refractivity contribution in [1.82, 2.24) is 0 Å². The molecule has 0 aliphatic carbocycles. The second-order valence-electron chi connectivity index (χ2n) is 5.00. The lowest BCUT2D eigenvalue weighted by Crippen LogP contribution is -2.07. The number of para-hydroxylation sites is 1. The van der Waals surface area contributed by atoms with Crippen LogP contribution in [0.2, 0.25) is 0 Å². The Bertz CT molecular complexity index is 940. The summed E-state index contributed by atoms with van der Waals surface area (Å²) in [5.74, 6) is -0.130. The topological polar surface area (TPSA) is 71.7 Å². The van der Waals surface area contributed by atoms with Crippen molar-refractivity contribution in [2.24, 2.45) is 4.99 Å². The fourth-order valence-electron chi connectivity index (χ4n) is 2.16. The van der Waals surface area contributed by atoms with Crippen molar-refractivity contribution in [2.45, 2.75) is 6.92 Å². The van der Waals surface area contributed by atoms with E-state index in [1.165, 1.54) is 19.4 Å². The van der Waals surface area contributed by atoms with E-state index in [1.807, 2.05) is 6.07 Å². The minimum absolute atomic E-state index is 0.120. The van der Waals surface area contributed by atoms with Crippen LogP contribution in [0.1, 0.15) is 12.5 Å². The number of aliphatic imine (C=N–C) groups is 1. The Hall–Kier alpha value is -3.21. The van der Waals surface area contributed by atoms with Gasteiger partial charge in [0, 0.05) is 18.8 Å². The molecule has 0 spiro atoms. The third-order valence-corrected chi connectivity index (χ3v) is 3.25. The Kier molecular flexibility index (Phi) is 4.01. The van der Waals surface area contributed by atoms with Crippen LogP contribution in [0.25, 0.3) is 11.0 Å². The molecule has 0 fully saturated rings. The molecule has 3 aromatic rings. The number of hydrogen-bond acceptors (Lipinski definition) is 4. The molecule has 114 valence electrons. The average molecular weight is 306 g/mol. The lowest BCUT2D eigenvalue weighted by Gasteiger charge is -2.01. The highest BCUT2D eigenvalue weighted by Gasteiger charge is 2.04. The lowest BCUT2D eigenvalue weighted by atomic mass is 10.2. The molecule has 0 saturated carbocycles. The predicted molar refractivity (Wildman–Crippen MR) is 90.5 cm³/mol. The molecule has 0 radical (unpaired) electrons. The number of nitrogens with zero attached hydrogens (tertiary/aromatic N) is 1. The van der Waals surface area contributed by atoms with Gasteiger partial charge in [-0.25, -0.2) is 0 Å². The maximum Gasteiger partial charge on any atom is 0.221 e. The number of hydrogen-bond donors (Lipinski definition) is 1. The van der Waals surface area contributed by atoms with Gasteiger partial charge in [-0.1, -0.05) is 12.1 Å². The Morgan fingerprint density at radius 2 is 1.87 bits per heavy atom. The third kappa shape index (κ3) is 3.35. The Labute approximate surface area is 132 Å². The van der Waals surface area contributed by atoms with Gasteiger partial charge in [-0.3, -0.25) is 14.6 Å². The molecule has 0 saturated heterocycles. The minimum Gasteiger partial charge on any atom is -0.463 e. The van der Waals surface area contributed by atoms with Gasteiger partial charge in [0.2, 0.25) is 11.3 Å². The van der Waals surface area contributed by atoms with E-state index >= 15 is 0 Å². The molecule has 1 amide bonds. The fourth-order valence-corrected chi connectivity index (χ4v) is 2.16. The van der Waals surface area contributed by atoms with Gasteiger partial charge in [0.25, 0.3) is 0 Å². The van der Waals surface area contributed by atoms with E-state index in [2.05, 4.69) is 10.3 Å². The molecule has 0 aliphatic heterocycles. The van der Waals surface area contributed by atoms with Gasteiger partial charge < -0.3 is 9.73 Å². The summed E-state index contributed by atoms with van der Waals surface area (Å²) >= 11 is 0. The van der Waals surface area contributed by atoms with Gasteiger partial charge in [0.05, 0.1) is 16.6 Å². The van der Waals surface area contributed by atoms with Crippen molar-refractivity contribution in [3.63, 3.8) is 0 Å². The zero-order chi connectivity index (χ0) is 16.2. The number of fused-ring (bicyclic) bond motifs is 1. The van der Waals surface area contributed by atoms with Gasteiger partial charge in [0.1, 0.15) is 11.8 Å². The molecule has 23 heavy (non-hydrogen) atoms. The van der Waals surface area contributed by atoms with Crippen molar-refractivity contribution in [1.29, 1.82) is 0 Å². The Morgan fingerprint density at radius 1 is 1.13 bits per heavy atom. The average Bonchev–Trinajstić information content (AvgIpc) is 2.55. The summed E-state index contributed by atoms with van der Waals surface area (Å²) in [5, 5.41) is 3.20. The molecule has 0 aliphatic rings. The first kappa shape index (κ1) is 14.7. The standard InChI is InChI=1S/C18H14N2O3/c1-12(21)20-15-8-6-14(7-9-15)19-10-13-11-23-17-5-3-2-4-16(17)18(13)22/h2-11H,1H3,(H,20,21). The molecule has 0 bridgehead atoms. The number of carbonyl (C=O) groups is 1. The molecule has 1 aromatic heterocycles. The van der Waals surface area contributed by atoms with Gasteiger partial charge in [-0.15, -0.1) is 0 Å². The summed E-state index contributed by atoms with van der Waals surface area (Å²) in [6.07, 6.45) is 2.88. The molecule has 5 heteroatoms. The van der Waals surface area contributed by atoms with Gasteiger partial charge in [-0.05, 0) is 36.4 Å². The van der Waals surface area contributed by atoms with Crippen LogP contribution in [0.15, 0.2) is 69.0 Å². The first-order valence-corrected chi connectivity index (χ1v) is 7.06. The Morgan fingerprint density at radius 3 is 2.61 bits per heavy atom. The fraction of sp³-hybridized carbons (Fsp3) is 0.0556. The highest BCUT2D eigenvalue weighted by Crippen LogP contribution is 2.16. The third-order valence-electron chi connectivity index (χ3n) is 3.25. The molecule has 1 heterocycles. The van der Waals surface area contributed by atoms with E-state index in [4.69, 9.17) is 4.42 Å². The van der Waals surface area contributed by atoms with Crippen molar-refractivity contribution < 1.29 is 9.21 Å². The molecule has 0 unspecified atom stereocenters. The van der Waals surface area contributed by atoms with Gasteiger partial charge in [0.15, 0.2) is 0 Å². The van der Waals surface area contributed by atoms with Crippen LogP contribution in [0.5, 0.6) is 0 Å². The molecule has 1 N–H and O–H groups in total. The van der Waals surface area contributed by atoms with E-state index in [-0.39, 0.29) is 11.3 Å². The van der Waals surface area contributed by atoms with E-state index in [9.17, 15) is 9.59 Å². The van der Waals surface area contributed by atoms with Crippen LogP contribution in [0.4, 0.5) is 11.4 Å². The number of amides is 1. The van der Waals surface area contributed by atoms with Gasteiger partial charge in [-0.2, -0.15) is 0 Å². The van der Waals surface area contributed by atoms with Crippen LogP contribution in [0, 0.1) is 0 Å². The molecular formula is C18H14N2O3. The molecule has 0 atom stereocenters. The maximum atomic E-state index is 12.3. The van der Waals surface area contributed by atoms with Crippen molar-refractivity contribution >= 4 is 34.5 Å². The quantitative estimate of drug-likeness (QED) is 0.753. The lowest BCUT2D eigenvalue weighted by molar-refractivity contribution is -0.114. The van der Waals surface area contributed by atoms with Crippen molar-refractivity contribution in [2.75, 3.05) is 5.32 Å².